The van der Waals surface area contributed by atoms with Gasteiger partial charge in [-0.15, -0.1) is 0 Å². The molecular formula is C11H16FNO3S. The van der Waals surface area contributed by atoms with Crippen LogP contribution >= 0.6 is 0 Å². The molecule has 0 aliphatic carbocycles. The van der Waals surface area contributed by atoms with Crippen LogP contribution in [0.2, 0.25) is 0 Å². The van der Waals surface area contributed by atoms with Gasteiger partial charge in [0.25, 0.3) is 0 Å². The lowest BCUT2D eigenvalue weighted by Gasteiger charge is -2.10. The van der Waals surface area contributed by atoms with Crippen molar-refractivity contribution in [2.45, 2.75) is 25.3 Å². The number of rotatable bonds is 5. The van der Waals surface area contributed by atoms with E-state index in [1.54, 1.807) is 0 Å². The van der Waals surface area contributed by atoms with E-state index in [-0.39, 0.29) is 19.1 Å². The Bertz CT molecular complexity index is 485. The van der Waals surface area contributed by atoms with Crippen molar-refractivity contribution >= 4 is 10.0 Å². The Morgan fingerprint density at radius 3 is 2.59 bits per heavy atom. The summed E-state index contributed by atoms with van der Waals surface area (Å²) in [6.07, 6.45) is 0. The second-order valence-electron chi connectivity index (χ2n) is 4.17. The van der Waals surface area contributed by atoms with Crippen LogP contribution in [0.25, 0.3) is 0 Å². The number of sulfonamides is 1. The van der Waals surface area contributed by atoms with E-state index in [0.29, 0.717) is 5.56 Å². The molecule has 0 aromatic heterocycles. The van der Waals surface area contributed by atoms with Crippen LogP contribution in [0.5, 0.6) is 0 Å². The molecule has 1 aromatic carbocycles. The molecule has 0 amide bonds. The normalized spacial score (nSPS) is 12.1. The lowest BCUT2D eigenvalue weighted by atomic mass is 10.2. The summed E-state index contributed by atoms with van der Waals surface area (Å²) in [5.41, 5.74) is 0.358. The molecule has 4 nitrogen and oxygen atoms in total. The molecule has 0 atom stereocenters. The summed E-state index contributed by atoms with van der Waals surface area (Å²) in [5.74, 6) is -0.688. The summed E-state index contributed by atoms with van der Waals surface area (Å²) < 4.78 is 39.3. The molecule has 6 heteroatoms. The highest BCUT2D eigenvalue weighted by molar-refractivity contribution is 7.89. The fourth-order valence-electron chi connectivity index (χ4n) is 1.21. The van der Waals surface area contributed by atoms with Crippen molar-refractivity contribution in [3.05, 3.63) is 29.6 Å². The molecule has 0 bridgehead atoms. The quantitative estimate of drug-likeness (QED) is 0.838. The molecule has 0 spiro atoms. The number of nitrogens with one attached hydrogen (secondary N) is 1. The second kappa shape index (κ2) is 5.57. The van der Waals surface area contributed by atoms with Crippen LogP contribution in [0.15, 0.2) is 23.1 Å². The minimum Gasteiger partial charge on any atom is -0.392 e. The number of benzene rings is 1. The van der Waals surface area contributed by atoms with E-state index in [0.717, 1.165) is 12.1 Å². The topological polar surface area (TPSA) is 66.4 Å². The van der Waals surface area contributed by atoms with Crippen molar-refractivity contribution in [2.24, 2.45) is 5.92 Å². The lowest BCUT2D eigenvalue weighted by molar-refractivity contribution is 0.281. The van der Waals surface area contributed by atoms with Crippen molar-refractivity contribution in [3.63, 3.8) is 0 Å². The van der Waals surface area contributed by atoms with Gasteiger partial charge >= 0.3 is 0 Å². The van der Waals surface area contributed by atoms with Gasteiger partial charge in [0.15, 0.2) is 0 Å². The van der Waals surface area contributed by atoms with E-state index in [1.165, 1.54) is 6.07 Å². The van der Waals surface area contributed by atoms with Crippen LogP contribution in [0.1, 0.15) is 19.4 Å². The first-order valence-electron chi connectivity index (χ1n) is 5.25. The fraction of sp³-hybridized carbons (Fsp3) is 0.455. The zero-order valence-corrected chi connectivity index (χ0v) is 10.6. The predicted octanol–water partition coefficient (Wildman–Crippen LogP) is 1.25. The van der Waals surface area contributed by atoms with Crippen LogP contribution in [-0.2, 0) is 16.6 Å². The number of hydrogen-bond acceptors (Lipinski definition) is 3. The highest BCUT2D eigenvalue weighted by atomic mass is 32.2. The van der Waals surface area contributed by atoms with Gasteiger partial charge in [0.05, 0.1) is 6.61 Å². The molecule has 0 unspecified atom stereocenters. The summed E-state index contributed by atoms with van der Waals surface area (Å²) in [4.78, 5) is -0.426. The van der Waals surface area contributed by atoms with Crippen molar-refractivity contribution in [3.8, 4) is 0 Å². The maximum atomic E-state index is 13.4. The first-order valence-corrected chi connectivity index (χ1v) is 6.74. The molecule has 96 valence electrons. The number of aliphatic hydroxyl groups is 1. The molecule has 2 N–H and O–H groups in total. The third-order valence-corrected chi connectivity index (χ3v) is 3.59. The molecule has 0 radical (unpaired) electrons. The second-order valence-corrected chi connectivity index (χ2v) is 5.90. The number of hydrogen-bond donors (Lipinski definition) is 2. The van der Waals surface area contributed by atoms with Crippen LogP contribution in [0.4, 0.5) is 4.39 Å². The molecule has 0 heterocycles. The minimum atomic E-state index is -3.85. The Kier molecular flexibility index (Phi) is 4.62. The molecule has 0 saturated carbocycles. The molecule has 1 aromatic rings. The van der Waals surface area contributed by atoms with Gasteiger partial charge in [-0.05, 0) is 23.6 Å². The zero-order chi connectivity index (χ0) is 13.1. The highest BCUT2D eigenvalue weighted by Crippen LogP contribution is 2.16. The standard InChI is InChI=1S/C11H16FNO3S/c1-8(2)6-13-17(15,16)11-5-9(7-14)3-4-10(11)12/h3-5,8,13-14H,6-7H2,1-2H3. The highest BCUT2D eigenvalue weighted by Gasteiger charge is 2.19. The van der Waals surface area contributed by atoms with E-state index < -0.39 is 20.7 Å². The third-order valence-electron chi connectivity index (χ3n) is 2.15. The lowest BCUT2D eigenvalue weighted by Crippen LogP contribution is -2.28. The van der Waals surface area contributed by atoms with Gasteiger partial charge in [0, 0.05) is 6.54 Å². The van der Waals surface area contributed by atoms with Crippen LogP contribution in [-0.4, -0.2) is 20.1 Å². The van der Waals surface area contributed by atoms with Gasteiger partial charge < -0.3 is 5.11 Å². The van der Waals surface area contributed by atoms with E-state index in [4.69, 9.17) is 5.11 Å². The molecule has 0 saturated heterocycles. The Balaban J connectivity index is 3.05. The Labute approximate surface area is 101 Å². The van der Waals surface area contributed by atoms with E-state index in [1.807, 2.05) is 13.8 Å². The van der Waals surface area contributed by atoms with Crippen LogP contribution in [0.3, 0.4) is 0 Å². The monoisotopic (exact) mass is 261 g/mol. The van der Waals surface area contributed by atoms with Crippen molar-refractivity contribution in [1.82, 2.24) is 4.72 Å². The molecule has 17 heavy (non-hydrogen) atoms. The van der Waals surface area contributed by atoms with Gasteiger partial charge in [-0.25, -0.2) is 17.5 Å². The van der Waals surface area contributed by atoms with Crippen molar-refractivity contribution in [1.29, 1.82) is 0 Å². The summed E-state index contributed by atoms with van der Waals surface area (Å²) in [6, 6.07) is 3.52. The molecule has 0 aliphatic rings. The van der Waals surface area contributed by atoms with Gasteiger partial charge in [-0.2, -0.15) is 0 Å². The average molecular weight is 261 g/mol. The molecule has 0 aliphatic heterocycles. The van der Waals surface area contributed by atoms with E-state index in [2.05, 4.69) is 4.72 Å². The fourth-order valence-corrected chi connectivity index (χ4v) is 2.55. The maximum absolute atomic E-state index is 13.4. The van der Waals surface area contributed by atoms with E-state index >= 15 is 0 Å². The predicted molar refractivity (Wildman–Crippen MR) is 62.3 cm³/mol. The Morgan fingerprint density at radius 2 is 2.06 bits per heavy atom. The summed E-state index contributed by atoms with van der Waals surface area (Å²) in [6.45, 7) is 3.62. The average Bonchev–Trinajstić information content (AvgIpc) is 2.27. The third kappa shape index (κ3) is 3.76. The van der Waals surface area contributed by atoms with Crippen LogP contribution < -0.4 is 4.72 Å². The zero-order valence-electron chi connectivity index (χ0n) is 9.77. The van der Waals surface area contributed by atoms with Gasteiger partial charge in [0.1, 0.15) is 10.7 Å². The first-order chi connectivity index (χ1) is 7.86. The minimum absolute atomic E-state index is 0.133. The summed E-state index contributed by atoms with van der Waals surface area (Å²) in [7, 11) is -3.85. The molecule has 0 fully saturated rings. The Hall–Kier alpha value is -0.980. The number of aliphatic hydroxyl groups excluding tert-OH is 1. The van der Waals surface area contributed by atoms with Crippen molar-refractivity contribution < 1.29 is 17.9 Å². The smallest absolute Gasteiger partial charge is 0.243 e. The first kappa shape index (κ1) is 14.1. The van der Waals surface area contributed by atoms with E-state index in [9.17, 15) is 12.8 Å². The molecule has 1 rings (SSSR count). The van der Waals surface area contributed by atoms with Crippen LogP contribution in [0, 0.1) is 11.7 Å². The van der Waals surface area contributed by atoms with Crippen molar-refractivity contribution in [2.75, 3.05) is 6.54 Å². The Morgan fingerprint density at radius 1 is 1.41 bits per heavy atom. The summed E-state index contributed by atoms with van der Waals surface area (Å²) in [5, 5.41) is 8.90. The van der Waals surface area contributed by atoms with Gasteiger partial charge in [0.2, 0.25) is 10.0 Å². The van der Waals surface area contributed by atoms with Gasteiger partial charge in [-0.1, -0.05) is 19.9 Å². The number of halogens is 1. The maximum Gasteiger partial charge on any atom is 0.243 e. The molecular weight excluding hydrogens is 245 g/mol. The largest absolute Gasteiger partial charge is 0.392 e. The van der Waals surface area contributed by atoms with Gasteiger partial charge in [-0.3, -0.25) is 0 Å². The SMILES string of the molecule is CC(C)CNS(=O)(=O)c1cc(CO)ccc1F. The summed E-state index contributed by atoms with van der Waals surface area (Å²) >= 11 is 0.